The van der Waals surface area contributed by atoms with Crippen molar-refractivity contribution < 1.29 is 14.3 Å². The van der Waals surface area contributed by atoms with E-state index >= 15 is 0 Å². The highest BCUT2D eigenvalue weighted by molar-refractivity contribution is 8.18. The second kappa shape index (κ2) is 9.72. The van der Waals surface area contributed by atoms with Crippen molar-refractivity contribution in [3.63, 3.8) is 0 Å². The number of thioether (sulfide) groups is 2. The molecule has 0 saturated carbocycles. The molecule has 0 bridgehead atoms. The lowest BCUT2D eigenvalue weighted by atomic mass is 9.90. The Bertz CT molecular complexity index is 1600. The van der Waals surface area contributed by atoms with E-state index in [0.717, 1.165) is 34.4 Å². The molecule has 3 nitrogen and oxygen atoms in total. The molecule has 0 amide bonds. The zero-order valence-electron chi connectivity index (χ0n) is 20.2. The Kier molecular flexibility index (Phi) is 6.28. The number of rotatable bonds is 6. The number of hydrogen-bond donors (Lipinski definition) is 0. The van der Waals surface area contributed by atoms with Gasteiger partial charge in [0.15, 0.2) is 17.3 Å². The van der Waals surface area contributed by atoms with Gasteiger partial charge in [-0.25, -0.2) is 0 Å². The van der Waals surface area contributed by atoms with E-state index in [2.05, 4.69) is 60.7 Å². The van der Waals surface area contributed by atoms with Crippen LogP contribution in [0.15, 0.2) is 72.8 Å². The fraction of sp³-hybridized carbons (Fsp3) is 0.194. The molecule has 5 aromatic carbocycles. The van der Waals surface area contributed by atoms with Crippen molar-refractivity contribution in [1.82, 2.24) is 0 Å². The average Bonchev–Trinajstić information content (AvgIpc) is 2.94. The monoisotopic (exact) mass is 510 g/mol. The summed E-state index contributed by atoms with van der Waals surface area (Å²) in [6.07, 6.45) is 3.22. The second-order valence-electron chi connectivity index (χ2n) is 8.93. The Hall–Kier alpha value is -3.15. The van der Waals surface area contributed by atoms with Gasteiger partial charge >= 0.3 is 0 Å². The third-order valence-corrected chi connectivity index (χ3v) is 9.76. The highest BCUT2D eigenvalue weighted by atomic mass is 32.2. The minimum absolute atomic E-state index is 0.0992. The van der Waals surface area contributed by atoms with Crippen LogP contribution in [0.25, 0.3) is 44.0 Å². The minimum atomic E-state index is -0.0992. The van der Waals surface area contributed by atoms with Gasteiger partial charge in [0.1, 0.15) is 4.58 Å². The van der Waals surface area contributed by atoms with Crippen molar-refractivity contribution >= 4 is 73.3 Å². The molecular weight excluding hydrogens is 484 g/mol. The molecule has 1 fully saturated rings. The van der Waals surface area contributed by atoms with Gasteiger partial charge in [0.25, 0.3) is 0 Å². The number of allylic oxidation sites excluding steroid dienone is 1. The van der Waals surface area contributed by atoms with Crippen molar-refractivity contribution in [2.24, 2.45) is 0 Å². The number of carbonyl (C=O) groups excluding carboxylic acids is 1. The van der Waals surface area contributed by atoms with Crippen molar-refractivity contribution in [2.45, 2.75) is 11.0 Å². The van der Waals surface area contributed by atoms with Crippen LogP contribution in [0, 0.1) is 0 Å². The van der Waals surface area contributed by atoms with E-state index < -0.39 is 0 Å². The summed E-state index contributed by atoms with van der Waals surface area (Å²) in [5.74, 6) is 3.45. The summed E-state index contributed by atoms with van der Waals surface area (Å²) in [5.41, 5.74) is 2.60. The largest absolute Gasteiger partial charge is 0.493 e. The molecule has 5 aromatic rings. The van der Waals surface area contributed by atoms with Gasteiger partial charge in [0, 0.05) is 5.57 Å². The van der Waals surface area contributed by atoms with Gasteiger partial charge in [-0.15, -0.1) is 23.5 Å². The SMILES string of the molecule is COc1ccc(C(=Cc2ccc3ccc4cccc5ccc2c3c45)C(=O)C2SCCCS2)cc1OC. The maximum atomic E-state index is 13.9. The number of ketones is 1. The van der Waals surface area contributed by atoms with Crippen molar-refractivity contribution in [3.8, 4) is 11.5 Å². The van der Waals surface area contributed by atoms with E-state index in [9.17, 15) is 4.79 Å². The maximum absolute atomic E-state index is 13.9. The van der Waals surface area contributed by atoms with Gasteiger partial charge in [0.2, 0.25) is 0 Å². The summed E-state index contributed by atoms with van der Waals surface area (Å²) >= 11 is 3.50. The number of methoxy groups -OCH3 is 2. The van der Waals surface area contributed by atoms with Crippen LogP contribution < -0.4 is 9.47 Å². The maximum Gasteiger partial charge on any atom is 0.186 e. The van der Waals surface area contributed by atoms with Crippen LogP contribution in [-0.4, -0.2) is 36.1 Å². The van der Waals surface area contributed by atoms with E-state index in [1.807, 2.05) is 18.2 Å². The fourth-order valence-corrected chi connectivity index (χ4v) is 7.86. The Labute approximate surface area is 219 Å². The lowest BCUT2D eigenvalue weighted by molar-refractivity contribution is -0.112. The van der Waals surface area contributed by atoms with Crippen LogP contribution in [0.4, 0.5) is 0 Å². The normalized spacial score (nSPS) is 15.1. The predicted molar refractivity (Wildman–Crippen MR) is 156 cm³/mol. The van der Waals surface area contributed by atoms with Crippen molar-refractivity contribution in [2.75, 3.05) is 25.7 Å². The summed E-state index contributed by atoms with van der Waals surface area (Å²) in [5, 5.41) is 7.37. The zero-order chi connectivity index (χ0) is 24.6. The van der Waals surface area contributed by atoms with Gasteiger partial charge < -0.3 is 9.47 Å². The first-order valence-electron chi connectivity index (χ1n) is 12.1. The molecule has 1 saturated heterocycles. The number of carbonyl (C=O) groups is 1. The molecule has 1 heterocycles. The zero-order valence-corrected chi connectivity index (χ0v) is 21.9. The molecule has 6 rings (SSSR count). The van der Waals surface area contributed by atoms with E-state index in [1.165, 1.54) is 26.9 Å². The highest BCUT2D eigenvalue weighted by Gasteiger charge is 2.27. The van der Waals surface area contributed by atoms with Crippen LogP contribution >= 0.6 is 23.5 Å². The Morgan fingerprint density at radius 1 is 0.806 bits per heavy atom. The third-order valence-electron chi connectivity index (χ3n) is 6.86. The summed E-state index contributed by atoms with van der Waals surface area (Å²) in [6, 6.07) is 25.2. The van der Waals surface area contributed by atoms with E-state index in [4.69, 9.17) is 9.47 Å². The molecule has 1 aliphatic heterocycles. The number of Topliss-reactive ketones (excluding diaryl/α,β-unsaturated/α-hetero) is 1. The van der Waals surface area contributed by atoms with Crippen LogP contribution in [0.1, 0.15) is 17.5 Å². The smallest absolute Gasteiger partial charge is 0.186 e. The molecule has 0 atom stereocenters. The minimum Gasteiger partial charge on any atom is -0.493 e. The molecule has 0 N–H and O–H groups in total. The number of hydrogen-bond acceptors (Lipinski definition) is 5. The van der Waals surface area contributed by atoms with E-state index in [1.54, 1.807) is 37.7 Å². The topological polar surface area (TPSA) is 35.5 Å². The fourth-order valence-electron chi connectivity index (χ4n) is 5.11. The summed E-state index contributed by atoms with van der Waals surface area (Å²) in [6.45, 7) is 0. The molecule has 36 heavy (non-hydrogen) atoms. The number of benzene rings is 5. The molecular formula is C31H26O3S2. The quantitative estimate of drug-likeness (QED) is 0.132. The molecule has 180 valence electrons. The molecule has 0 aliphatic carbocycles. The summed E-state index contributed by atoms with van der Waals surface area (Å²) < 4.78 is 10.9. The predicted octanol–water partition coefficient (Wildman–Crippen LogP) is 7.91. The Morgan fingerprint density at radius 3 is 2.19 bits per heavy atom. The third kappa shape index (κ3) is 4.00. The standard InChI is InChI=1S/C31H26O3S2/c1-33-26-14-12-23(18-27(26)34-2)25(30(32)31-35-15-4-16-36-31)17-22-10-9-21-8-7-19-5-3-6-20-11-13-24(22)29(21)28(19)20/h3,5-14,17-18,31H,4,15-16H2,1-2H3. The first-order chi connectivity index (χ1) is 17.7. The Balaban J connectivity index is 1.57. The molecule has 5 heteroatoms. The molecule has 0 unspecified atom stereocenters. The lowest BCUT2D eigenvalue weighted by Gasteiger charge is -2.22. The first kappa shape index (κ1) is 23.3. The van der Waals surface area contributed by atoms with E-state index in [-0.39, 0.29) is 10.4 Å². The van der Waals surface area contributed by atoms with Gasteiger partial charge in [-0.05, 0) is 79.6 Å². The summed E-state index contributed by atoms with van der Waals surface area (Å²) in [4.78, 5) is 13.9. The summed E-state index contributed by atoms with van der Waals surface area (Å²) in [7, 11) is 3.25. The number of ether oxygens (including phenoxy) is 2. The molecule has 0 radical (unpaired) electrons. The van der Waals surface area contributed by atoms with Crippen molar-refractivity contribution in [3.05, 3.63) is 83.9 Å². The van der Waals surface area contributed by atoms with Crippen LogP contribution in [0.2, 0.25) is 0 Å². The van der Waals surface area contributed by atoms with E-state index in [0.29, 0.717) is 17.1 Å². The Morgan fingerprint density at radius 2 is 1.47 bits per heavy atom. The average molecular weight is 511 g/mol. The van der Waals surface area contributed by atoms with Crippen LogP contribution in [0.5, 0.6) is 11.5 Å². The molecule has 0 spiro atoms. The highest BCUT2D eigenvalue weighted by Crippen LogP contribution is 2.40. The lowest BCUT2D eigenvalue weighted by Crippen LogP contribution is -2.19. The van der Waals surface area contributed by atoms with Gasteiger partial charge in [-0.2, -0.15) is 0 Å². The van der Waals surface area contributed by atoms with Crippen molar-refractivity contribution in [1.29, 1.82) is 0 Å². The van der Waals surface area contributed by atoms with Crippen LogP contribution in [-0.2, 0) is 4.79 Å². The first-order valence-corrected chi connectivity index (χ1v) is 14.2. The molecule has 1 aliphatic rings. The van der Waals surface area contributed by atoms with Gasteiger partial charge in [-0.3, -0.25) is 4.79 Å². The molecule has 0 aromatic heterocycles. The van der Waals surface area contributed by atoms with Crippen LogP contribution in [0.3, 0.4) is 0 Å². The van der Waals surface area contributed by atoms with Gasteiger partial charge in [0.05, 0.1) is 14.2 Å². The second-order valence-corrected chi connectivity index (χ2v) is 11.7. The van der Waals surface area contributed by atoms with Gasteiger partial charge in [-0.1, -0.05) is 60.7 Å².